The lowest BCUT2D eigenvalue weighted by molar-refractivity contribution is -0.384. The van der Waals surface area contributed by atoms with Crippen molar-refractivity contribution in [1.82, 2.24) is 0 Å². The monoisotopic (exact) mass is 305 g/mol. The van der Waals surface area contributed by atoms with E-state index >= 15 is 0 Å². The van der Waals surface area contributed by atoms with E-state index in [-0.39, 0.29) is 23.4 Å². The number of non-ortho nitro benzene ring substituents is 1. The van der Waals surface area contributed by atoms with E-state index < -0.39 is 28.7 Å². The van der Waals surface area contributed by atoms with Crippen LogP contribution in [0.5, 0.6) is 0 Å². The number of nitro benzene ring substituents is 1. The van der Waals surface area contributed by atoms with Gasteiger partial charge in [-0.25, -0.2) is 0 Å². The summed E-state index contributed by atoms with van der Waals surface area (Å²) in [7, 11) is 0. The van der Waals surface area contributed by atoms with Crippen molar-refractivity contribution in [2.45, 2.75) is 18.8 Å². The van der Waals surface area contributed by atoms with Gasteiger partial charge in [0.05, 0.1) is 16.8 Å². The molecule has 7 nitrogen and oxygen atoms in total. The summed E-state index contributed by atoms with van der Waals surface area (Å²) in [5, 5.41) is 29.3. The van der Waals surface area contributed by atoms with Gasteiger partial charge in [-0.15, -0.1) is 0 Å². The maximum atomic E-state index is 11.5. The van der Waals surface area contributed by atoms with Gasteiger partial charge in [-0.3, -0.25) is 19.7 Å². The van der Waals surface area contributed by atoms with Crippen LogP contribution in [0.25, 0.3) is 0 Å². The summed E-state index contributed by atoms with van der Waals surface area (Å²) in [5.41, 5.74) is 0.846. The molecule has 22 heavy (non-hydrogen) atoms. The first-order chi connectivity index (χ1) is 10.4. The molecule has 2 N–H and O–H groups in total. The molecule has 5 unspecified atom stereocenters. The SMILES string of the molecule is O=C(O)C1C2CC(c3ccc([N+](=O)[O-])cc3)C(C2)C1C(=O)O. The quantitative estimate of drug-likeness (QED) is 0.649. The molecular formula is C15H15NO6. The fraction of sp³-hybridized carbons (Fsp3) is 0.467. The second-order valence-electron chi connectivity index (χ2n) is 6.08. The van der Waals surface area contributed by atoms with Crippen molar-refractivity contribution in [3.8, 4) is 0 Å². The van der Waals surface area contributed by atoms with Gasteiger partial charge in [0.1, 0.15) is 0 Å². The fourth-order valence-electron chi connectivity index (χ4n) is 4.28. The van der Waals surface area contributed by atoms with Crippen LogP contribution < -0.4 is 0 Å². The van der Waals surface area contributed by atoms with Crippen LogP contribution in [0.4, 0.5) is 5.69 Å². The van der Waals surface area contributed by atoms with Crippen LogP contribution in [-0.2, 0) is 9.59 Å². The van der Waals surface area contributed by atoms with Crippen LogP contribution in [0.3, 0.4) is 0 Å². The van der Waals surface area contributed by atoms with Crippen molar-refractivity contribution in [3.05, 3.63) is 39.9 Å². The number of carboxylic acid groups (broad SMARTS) is 2. The summed E-state index contributed by atoms with van der Waals surface area (Å²) >= 11 is 0. The molecule has 1 aromatic rings. The van der Waals surface area contributed by atoms with Gasteiger partial charge in [0, 0.05) is 12.1 Å². The Morgan fingerprint density at radius 2 is 1.64 bits per heavy atom. The average Bonchev–Trinajstić information content (AvgIpc) is 3.04. The molecular weight excluding hydrogens is 290 g/mol. The van der Waals surface area contributed by atoms with Crippen molar-refractivity contribution >= 4 is 17.6 Å². The number of nitro groups is 1. The molecule has 0 saturated heterocycles. The Bertz CT molecular complexity index is 640. The first-order valence-corrected chi connectivity index (χ1v) is 7.10. The van der Waals surface area contributed by atoms with E-state index in [4.69, 9.17) is 0 Å². The number of benzene rings is 1. The van der Waals surface area contributed by atoms with Gasteiger partial charge in [0.2, 0.25) is 0 Å². The minimum atomic E-state index is -1.06. The first-order valence-electron chi connectivity index (χ1n) is 7.10. The number of rotatable bonds is 4. The maximum Gasteiger partial charge on any atom is 0.307 e. The molecule has 0 spiro atoms. The molecule has 2 aliphatic rings. The van der Waals surface area contributed by atoms with E-state index in [9.17, 15) is 29.9 Å². The Labute approximate surface area is 125 Å². The largest absolute Gasteiger partial charge is 0.481 e. The van der Waals surface area contributed by atoms with Crippen LogP contribution in [0.2, 0.25) is 0 Å². The van der Waals surface area contributed by atoms with Gasteiger partial charge in [0.25, 0.3) is 5.69 Å². The number of fused-ring (bicyclic) bond motifs is 2. The number of nitrogens with zero attached hydrogens (tertiary/aromatic N) is 1. The molecule has 0 aliphatic heterocycles. The summed E-state index contributed by atoms with van der Waals surface area (Å²) in [6.07, 6.45) is 1.22. The number of aliphatic carboxylic acids is 2. The zero-order valence-electron chi connectivity index (χ0n) is 11.6. The van der Waals surface area contributed by atoms with Crippen LogP contribution in [-0.4, -0.2) is 27.1 Å². The van der Waals surface area contributed by atoms with Crippen LogP contribution in [0, 0.1) is 33.8 Å². The molecule has 2 aliphatic carbocycles. The molecule has 0 aromatic heterocycles. The fourth-order valence-corrected chi connectivity index (χ4v) is 4.28. The van der Waals surface area contributed by atoms with E-state index in [0.29, 0.717) is 12.8 Å². The smallest absolute Gasteiger partial charge is 0.307 e. The molecule has 0 heterocycles. The van der Waals surface area contributed by atoms with E-state index in [0.717, 1.165) is 5.56 Å². The minimum absolute atomic E-state index is 0.00916. The Hall–Kier alpha value is -2.44. The van der Waals surface area contributed by atoms with Gasteiger partial charge < -0.3 is 10.2 Å². The molecule has 116 valence electrons. The first kappa shape index (κ1) is 14.5. The van der Waals surface area contributed by atoms with Gasteiger partial charge in [-0.05, 0) is 36.2 Å². The maximum absolute atomic E-state index is 11.5. The summed E-state index contributed by atoms with van der Waals surface area (Å²) < 4.78 is 0. The molecule has 0 radical (unpaired) electrons. The standard InChI is InChI=1S/C15H15NO6/c17-14(18)12-8-5-10(11(6-8)13(12)15(19)20)7-1-3-9(4-2-7)16(21)22/h1-4,8,10-13H,5-6H2,(H,17,18)(H,19,20). The van der Waals surface area contributed by atoms with E-state index in [1.165, 1.54) is 12.1 Å². The second kappa shape index (κ2) is 5.08. The van der Waals surface area contributed by atoms with Gasteiger partial charge in [-0.2, -0.15) is 0 Å². The number of hydrogen-bond acceptors (Lipinski definition) is 4. The summed E-state index contributed by atoms with van der Waals surface area (Å²) in [4.78, 5) is 33.0. The average molecular weight is 305 g/mol. The Balaban J connectivity index is 1.88. The molecule has 2 saturated carbocycles. The molecule has 2 fully saturated rings. The molecule has 3 rings (SSSR count). The highest BCUT2D eigenvalue weighted by Crippen LogP contribution is 2.58. The highest BCUT2D eigenvalue weighted by Gasteiger charge is 2.58. The lowest BCUT2D eigenvalue weighted by Gasteiger charge is -2.31. The van der Waals surface area contributed by atoms with E-state index in [1.807, 2.05) is 0 Å². The van der Waals surface area contributed by atoms with Crippen LogP contribution >= 0.6 is 0 Å². The molecule has 7 heteroatoms. The zero-order chi connectivity index (χ0) is 16.0. The third kappa shape index (κ3) is 2.13. The number of carboxylic acids is 2. The van der Waals surface area contributed by atoms with Gasteiger partial charge in [0.15, 0.2) is 0 Å². The number of carbonyl (C=O) groups is 2. The summed E-state index contributed by atoms with van der Waals surface area (Å²) in [6.45, 7) is 0. The Morgan fingerprint density at radius 1 is 1.05 bits per heavy atom. The lowest BCUT2D eigenvalue weighted by atomic mass is 9.71. The van der Waals surface area contributed by atoms with Crippen LogP contribution in [0.15, 0.2) is 24.3 Å². The van der Waals surface area contributed by atoms with E-state index in [2.05, 4.69) is 0 Å². The molecule has 5 atom stereocenters. The van der Waals surface area contributed by atoms with Crippen molar-refractivity contribution in [3.63, 3.8) is 0 Å². The molecule has 0 amide bonds. The lowest BCUT2D eigenvalue weighted by Crippen LogP contribution is -2.37. The van der Waals surface area contributed by atoms with E-state index in [1.54, 1.807) is 12.1 Å². The Kier molecular flexibility index (Phi) is 3.35. The van der Waals surface area contributed by atoms with Crippen molar-refractivity contribution in [2.75, 3.05) is 0 Å². The molecule has 1 aromatic carbocycles. The second-order valence-corrected chi connectivity index (χ2v) is 6.08. The molecule has 2 bridgehead atoms. The highest BCUT2D eigenvalue weighted by atomic mass is 16.6. The topological polar surface area (TPSA) is 118 Å². The van der Waals surface area contributed by atoms with Crippen molar-refractivity contribution in [1.29, 1.82) is 0 Å². The summed E-state index contributed by atoms with van der Waals surface area (Å²) in [6, 6.07) is 6.12. The van der Waals surface area contributed by atoms with Crippen molar-refractivity contribution in [2.24, 2.45) is 23.7 Å². The Morgan fingerprint density at radius 3 is 2.14 bits per heavy atom. The predicted molar refractivity (Wildman–Crippen MR) is 74.3 cm³/mol. The third-order valence-electron chi connectivity index (χ3n) is 5.11. The highest BCUT2D eigenvalue weighted by molar-refractivity contribution is 5.82. The number of hydrogen-bond donors (Lipinski definition) is 2. The minimum Gasteiger partial charge on any atom is -0.481 e. The van der Waals surface area contributed by atoms with Gasteiger partial charge >= 0.3 is 11.9 Å². The van der Waals surface area contributed by atoms with Crippen molar-refractivity contribution < 1.29 is 24.7 Å². The normalized spacial score (nSPS) is 32.8. The van der Waals surface area contributed by atoms with Crippen LogP contribution in [0.1, 0.15) is 24.3 Å². The zero-order valence-corrected chi connectivity index (χ0v) is 11.6. The summed E-state index contributed by atoms with van der Waals surface area (Å²) in [5.74, 6) is -4.20. The third-order valence-corrected chi connectivity index (χ3v) is 5.11. The van der Waals surface area contributed by atoms with Gasteiger partial charge in [-0.1, -0.05) is 12.1 Å². The predicted octanol–water partition coefficient (Wildman–Crippen LogP) is 2.12.